The summed E-state index contributed by atoms with van der Waals surface area (Å²) in [4.78, 5) is 2.30. The highest BCUT2D eigenvalue weighted by Gasteiger charge is 2.16. The Kier molecular flexibility index (Phi) is 2.77. The Morgan fingerprint density at radius 2 is 1.93 bits per heavy atom. The van der Waals surface area contributed by atoms with Crippen molar-refractivity contribution in [3.63, 3.8) is 0 Å². The first-order valence-corrected chi connectivity index (χ1v) is 5.69. The monoisotopic (exact) mass is 257 g/mol. The quantitative estimate of drug-likeness (QED) is 0.745. The standard InChI is InChI=1S/C11H13BrFN/c1-8-9(13)4-5-10(11(8)12)14-6-2-3-7-14/h4-5H,2-3,6-7H2,1H3. The van der Waals surface area contributed by atoms with Gasteiger partial charge >= 0.3 is 0 Å². The summed E-state index contributed by atoms with van der Waals surface area (Å²) in [6.45, 7) is 3.98. The lowest BCUT2D eigenvalue weighted by molar-refractivity contribution is 0.617. The third-order valence-electron chi connectivity index (χ3n) is 2.75. The highest BCUT2D eigenvalue weighted by atomic mass is 79.9. The Morgan fingerprint density at radius 1 is 1.29 bits per heavy atom. The van der Waals surface area contributed by atoms with E-state index < -0.39 is 0 Å². The molecular formula is C11H13BrFN. The average molecular weight is 258 g/mol. The first-order valence-electron chi connectivity index (χ1n) is 4.89. The molecule has 0 aliphatic carbocycles. The molecular weight excluding hydrogens is 245 g/mol. The van der Waals surface area contributed by atoms with Gasteiger partial charge in [0, 0.05) is 23.1 Å². The number of anilines is 1. The van der Waals surface area contributed by atoms with E-state index in [1.54, 1.807) is 13.0 Å². The van der Waals surface area contributed by atoms with Crippen molar-refractivity contribution in [3.05, 3.63) is 28.0 Å². The van der Waals surface area contributed by atoms with Crippen LogP contribution in [0.5, 0.6) is 0 Å². The van der Waals surface area contributed by atoms with Gasteiger partial charge < -0.3 is 4.90 Å². The summed E-state index contributed by atoms with van der Waals surface area (Å²) in [6, 6.07) is 3.41. The Bertz CT molecular complexity index is 345. The first kappa shape index (κ1) is 9.97. The Morgan fingerprint density at radius 3 is 2.57 bits per heavy atom. The zero-order valence-corrected chi connectivity index (χ0v) is 9.77. The van der Waals surface area contributed by atoms with Crippen molar-refractivity contribution in [3.8, 4) is 0 Å². The van der Waals surface area contributed by atoms with Crippen LogP contribution in [0, 0.1) is 12.7 Å². The molecule has 0 radical (unpaired) electrons. The molecule has 0 unspecified atom stereocenters. The van der Waals surface area contributed by atoms with Crippen LogP contribution in [0.2, 0.25) is 0 Å². The van der Waals surface area contributed by atoms with Crippen LogP contribution in [0.25, 0.3) is 0 Å². The van der Waals surface area contributed by atoms with Crippen molar-refractivity contribution in [2.75, 3.05) is 18.0 Å². The topological polar surface area (TPSA) is 3.24 Å². The minimum absolute atomic E-state index is 0.139. The molecule has 1 aliphatic heterocycles. The first-order chi connectivity index (χ1) is 6.70. The van der Waals surface area contributed by atoms with Crippen LogP contribution in [0.15, 0.2) is 16.6 Å². The second-order valence-electron chi connectivity index (χ2n) is 3.70. The lowest BCUT2D eigenvalue weighted by atomic mass is 10.2. The number of nitrogens with zero attached hydrogens (tertiary/aromatic N) is 1. The smallest absolute Gasteiger partial charge is 0.127 e. The number of hydrogen-bond donors (Lipinski definition) is 0. The number of halogens is 2. The van der Waals surface area contributed by atoms with E-state index in [4.69, 9.17) is 0 Å². The normalized spacial score (nSPS) is 16.4. The molecule has 76 valence electrons. The molecule has 1 nitrogen and oxygen atoms in total. The highest BCUT2D eigenvalue weighted by molar-refractivity contribution is 9.10. The summed E-state index contributed by atoms with van der Waals surface area (Å²) < 4.78 is 14.1. The number of benzene rings is 1. The summed E-state index contributed by atoms with van der Waals surface area (Å²) in [6.07, 6.45) is 2.48. The molecule has 1 fully saturated rings. The molecule has 0 N–H and O–H groups in total. The fourth-order valence-corrected chi connectivity index (χ4v) is 2.42. The van der Waals surface area contributed by atoms with Gasteiger partial charge in [-0.1, -0.05) is 0 Å². The molecule has 14 heavy (non-hydrogen) atoms. The van der Waals surface area contributed by atoms with Gasteiger partial charge in [0.25, 0.3) is 0 Å². The van der Waals surface area contributed by atoms with Gasteiger partial charge in [0.2, 0.25) is 0 Å². The van der Waals surface area contributed by atoms with Gasteiger partial charge in [0.15, 0.2) is 0 Å². The summed E-state index contributed by atoms with van der Waals surface area (Å²) in [5.41, 5.74) is 1.83. The zero-order chi connectivity index (χ0) is 10.1. The average Bonchev–Trinajstić information content (AvgIpc) is 2.67. The molecule has 1 aromatic carbocycles. The van der Waals surface area contributed by atoms with Gasteiger partial charge in [-0.05, 0) is 47.8 Å². The fourth-order valence-electron chi connectivity index (χ4n) is 1.85. The van der Waals surface area contributed by atoms with Gasteiger partial charge in [-0.25, -0.2) is 4.39 Å². The molecule has 1 heterocycles. The lowest BCUT2D eigenvalue weighted by Crippen LogP contribution is -2.18. The molecule has 1 aromatic rings. The van der Waals surface area contributed by atoms with Crippen molar-refractivity contribution < 1.29 is 4.39 Å². The van der Waals surface area contributed by atoms with Crippen molar-refractivity contribution in [1.82, 2.24) is 0 Å². The predicted octanol–water partition coefficient (Wildman–Crippen LogP) is 3.50. The van der Waals surface area contributed by atoms with Gasteiger partial charge in [-0.2, -0.15) is 0 Å². The second-order valence-corrected chi connectivity index (χ2v) is 4.49. The van der Waals surface area contributed by atoms with Crippen molar-refractivity contribution in [2.45, 2.75) is 19.8 Å². The third kappa shape index (κ3) is 1.65. The molecule has 0 saturated carbocycles. The molecule has 0 bridgehead atoms. The van der Waals surface area contributed by atoms with Crippen LogP contribution in [0.4, 0.5) is 10.1 Å². The summed E-state index contributed by atoms with van der Waals surface area (Å²) >= 11 is 3.46. The zero-order valence-electron chi connectivity index (χ0n) is 8.19. The molecule has 0 aromatic heterocycles. The van der Waals surface area contributed by atoms with E-state index in [1.807, 2.05) is 6.07 Å². The summed E-state index contributed by atoms with van der Waals surface area (Å²) in [5, 5.41) is 0. The highest BCUT2D eigenvalue weighted by Crippen LogP contribution is 2.32. The summed E-state index contributed by atoms with van der Waals surface area (Å²) in [5.74, 6) is -0.139. The minimum atomic E-state index is -0.139. The number of hydrogen-bond acceptors (Lipinski definition) is 1. The maximum absolute atomic E-state index is 13.2. The van der Waals surface area contributed by atoms with Gasteiger partial charge in [0.05, 0.1) is 5.69 Å². The molecule has 0 atom stereocenters. The Labute approximate surface area is 92.0 Å². The maximum atomic E-state index is 13.2. The second kappa shape index (κ2) is 3.89. The van der Waals surface area contributed by atoms with Crippen LogP contribution in [-0.2, 0) is 0 Å². The van der Waals surface area contributed by atoms with Crippen molar-refractivity contribution in [1.29, 1.82) is 0 Å². The van der Waals surface area contributed by atoms with Crippen LogP contribution < -0.4 is 4.90 Å². The van der Waals surface area contributed by atoms with E-state index in [0.717, 1.165) is 23.2 Å². The molecule has 0 spiro atoms. The van der Waals surface area contributed by atoms with Crippen LogP contribution >= 0.6 is 15.9 Å². The maximum Gasteiger partial charge on any atom is 0.127 e. The fraction of sp³-hybridized carbons (Fsp3) is 0.455. The molecule has 1 aliphatic rings. The molecule has 2 rings (SSSR count). The summed E-state index contributed by atoms with van der Waals surface area (Å²) in [7, 11) is 0. The van der Waals surface area contributed by atoms with E-state index in [2.05, 4.69) is 20.8 Å². The van der Waals surface area contributed by atoms with Crippen molar-refractivity contribution >= 4 is 21.6 Å². The number of rotatable bonds is 1. The molecule has 0 amide bonds. The van der Waals surface area contributed by atoms with E-state index in [-0.39, 0.29) is 5.82 Å². The lowest BCUT2D eigenvalue weighted by Gasteiger charge is -2.20. The van der Waals surface area contributed by atoms with Crippen LogP contribution in [0.1, 0.15) is 18.4 Å². The van der Waals surface area contributed by atoms with Gasteiger partial charge in [0.1, 0.15) is 5.82 Å². The minimum Gasteiger partial charge on any atom is -0.371 e. The van der Waals surface area contributed by atoms with E-state index >= 15 is 0 Å². The van der Waals surface area contributed by atoms with Crippen LogP contribution in [0.3, 0.4) is 0 Å². The Balaban J connectivity index is 2.38. The van der Waals surface area contributed by atoms with Crippen LogP contribution in [-0.4, -0.2) is 13.1 Å². The molecule has 1 saturated heterocycles. The van der Waals surface area contributed by atoms with Gasteiger partial charge in [-0.3, -0.25) is 0 Å². The predicted molar refractivity (Wildman–Crippen MR) is 60.3 cm³/mol. The van der Waals surface area contributed by atoms with Crippen molar-refractivity contribution in [2.24, 2.45) is 0 Å². The SMILES string of the molecule is Cc1c(F)ccc(N2CCCC2)c1Br. The largest absolute Gasteiger partial charge is 0.371 e. The van der Waals surface area contributed by atoms with E-state index in [0.29, 0.717) is 5.56 Å². The van der Waals surface area contributed by atoms with Gasteiger partial charge in [-0.15, -0.1) is 0 Å². The molecule has 3 heteroatoms. The van der Waals surface area contributed by atoms with E-state index in [1.165, 1.54) is 12.8 Å². The third-order valence-corrected chi connectivity index (χ3v) is 3.75. The van der Waals surface area contributed by atoms with E-state index in [9.17, 15) is 4.39 Å². The Hall–Kier alpha value is -0.570.